The van der Waals surface area contributed by atoms with Crippen LogP contribution in [0.3, 0.4) is 0 Å². The minimum Gasteiger partial charge on any atom is -0.334 e. The number of hydrogen-bond acceptors (Lipinski definition) is 4. The van der Waals surface area contributed by atoms with Crippen molar-refractivity contribution in [2.45, 2.75) is 51.0 Å². The molecule has 3 N–H and O–H groups in total. The zero-order chi connectivity index (χ0) is 15.8. The van der Waals surface area contributed by atoms with E-state index in [0.717, 1.165) is 12.8 Å². The number of amides is 1. The van der Waals surface area contributed by atoms with Gasteiger partial charge in [-0.1, -0.05) is 20.3 Å². The number of H-pyrrole nitrogens is 1. The van der Waals surface area contributed by atoms with E-state index in [1.54, 1.807) is 4.90 Å². The van der Waals surface area contributed by atoms with Crippen molar-refractivity contribution in [3.63, 3.8) is 0 Å². The van der Waals surface area contributed by atoms with Gasteiger partial charge in [-0.3, -0.25) is 9.89 Å². The molecule has 2 unspecified atom stereocenters. The fourth-order valence-electron chi connectivity index (χ4n) is 2.96. The van der Waals surface area contributed by atoms with Crippen LogP contribution in [0.2, 0.25) is 0 Å². The van der Waals surface area contributed by atoms with Gasteiger partial charge < -0.3 is 4.90 Å². The third-order valence-electron chi connectivity index (χ3n) is 3.82. The monoisotopic (exact) mass is 314 g/mol. The van der Waals surface area contributed by atoms with E-state index in [-0.39, 0.29) is 22.5 Å². The van der Waals surface area contributed by atoms with Crippen molar-refractivity contribution in [1.29, 1.82) is 0 Å². The summed E-state index contributed by atoms with van der Waals surface area (Å²) < 4.78 is 23.6. The number of rotatable bonds is 4. The molecule has 2 rings (SSSR count). The molecule has 2 heterocycles. The highest BCUT2D eigenvalue weighted by Crippen LogP contribution is 2.26. The van der Waals surface area contributed by atoms with E-state index in [1.165, 1.54) is 0 Å². The Labute approximate surface area is 124 Å². The maximum absolute atomic E-state index is 12.6. The second kappa shape index (κ2) is 5.76. The van der Waals surface area contributed by atoms with E-state index in [1.807, 2.05) is 13.8 Å². The highest BCUT2D eigenvalue weighted by atomic mass is 32.2. The number of nitrogens with one attached hydrogen (secondary N) is 1. The molecule has 1 aromatic heterocycles. The van der Waals surface area contributed by atoms with Gasteiger partial charge in [0, 0.05) is 12.6 Å². The molecule has 7 nitrogen and oxygen atoms in total. The summed E-state index contributed by atoms with van der Waals surface area (Å²) in [6.45, 7) is 6.55. The molecule has 1 aliphatic heterocycles. The number of hydrogen-bond donors (Lipinski definition) is 2. The number of carbonyl (C=O) groups excluding carboxylic acids is 1. The second-order valence-electron chi connectivity index (χ2n) is 5.82. The molecule has 0 spiro atoms. The summed E-state index contributed by atoms with van der Waals surface area (Å²) in [4.78, 5) is 14.1. The number of aryl methyl sites for hydroxylation is 1. The summed E-state index contributed by atoms with van der Waals surface area (Å²) in [5.74, 6) is 0.0328. The van der Waals surface area contributed by atoms with E-state index in [9.17, 15) is 13.2 Å². The number of sulfonamides is 1. The maximum Gasteiger partial charge on any atom is 0.276 e. The minimum atomic E-state index is -3.99. The van der Waals surface area contributed by atoms with Crippen molar-refractivity contribution in [2.75, 3.05) is 6.54 Å². The third-order valence-corrected chi connectivity index (χ3v) is 4.83. The standard InChI is InChI=1S/C13H22N4O3S/c1-4-5-10-12(21(14,19)20)11(16-15-10)13(18)17-7-8(2)6-9(17)3/h8-9H,4-7H2,1-3H3,(H,15,16)(H2,14,19,20). The van der Waals surface area contributed by atoms with Gasteiger partial charge in [0.15, 0.2) is 5.69 Å². The number of aromatic amines is 1. The Hall–Kier alpha value is -1.41. The molecule has 0 aliphatic carbocycles. The Kier molecular flexibility index (Phi) is 4.38. The van der Waals surface area contributed by atoms with Gasteiger partial charge in [-0.05, 0) is 25.7 Å². The van der Waals surface area contributed by atoms with Crippen molar-refractivity contribution < 1.29 is 13.2 Å². The van der Waals surface area contributed by atoms with Crippen LogP contribution in [0.1, 0.15) is 49.8 Å². The van der Waals surface area contributed by atoms with Crippen LogP contribution in [0.4, 0.5) is 0 Å². The Balaban J connectivity index is 2.42. The van der Waals surface area contributed by atoms with Crippen LogP contribution in [-0.4, -0.2) is 42.0 Å². The zero-order valence-corrected chi connectivity index (χ0v) is 13.4. The average molecular weight is 314 g/mol. The predicted molar refractivity (Wildman–Crippen MR) is 78.2 cm³/mol. The normalized spacial score (nSPS) is 22.8. The van der Waals surface area contributed by atoms with Gasteiger partial charge >= 0.3 is 0 Å². The molecule has 1 saturated heterocycles. The largest absolute Gasteiger partial charge is 0.334 e. The Morgan fingerprint density at radius 1 is 1.48 bits per heavy atom. The van der Waals surface area contributed by atoms with Gasteiger partial charge in [0.2, 0.25) is 10.0 Å². The van der Waals surface area contributed by atoms with Gasteiger partial charge in [0.05, 0.1) is 5.69 Å². The van der Waals surface area contributed by atoms with Crippen molar-refractivity contribution in [1.82, 2.24) is 15.1 Å². The summed E-state index contributed by atoms with van der Waals surface area (Å²) in [6, 6.07) is 0.0761. The van der Waals surface area contributed by atoms with Crippen molar-refractivity contribution in [2.24, 2.45) is 11.1 Å². The topological polar surface area (TPSA) is 109 Å². The summed E-state index contributed by atoms with van der Waals surface area (Å²) in [5.41, 5.74) is 0.324. The second-order valence-corrected chi connectivity index (χ2v) is 7.32. The first-order valence-corrected chi connectivity index (χ1v) is 8.71. The Morgan fingerprint density at radius 2 is 2.14 bits per heavy atom. The number of nitrogens with zero attached hydrogens (tertiary/aromatic N) is 2. The lowest BCUT2D eigenvalue weighted by atomic mass is 10.1. The third kappa shape index (κ3) is 3.11. The van der Waals surface area contributed by atoms with Crippen molar-refractivity contribution >= 4 is 15.9 Å². The predicted octanol–water partition coefficient (Wildman–Crippen LogP) is 0.880. The molecule has 1 amide bonds. The van der Waals surface area contributed by atoms with E-state index in [4.69, 9.17) is 5.14 Å². The van der Waals surface area contributed by atoms with E-state index in [0.29, 0.717) is 24.6 Å². The number of nitrogens with two attached hydrogens (primary N) is 1. The average Bonchev–Trinajstić information content (AvgIpc) is 2.92. The number of aromatic nitrogens is 2. The van der Waals surface area contributed by atoms with E-state index in [2.05, 4.69) is 17.1 Å². The molecular weight excluding hydrogens is 292 g/mol. The summed E-state index contributed by atoms with van der Waals surface area (Å²) in [6.07, 6.45) is 2.12. The molecule has 1 fully saturated rings. The molecule has 0 bridgehead atoms. The lowest BCUT2D eigenvalue weighted by Gasteiger charge is -2.20. The van der Waals surface area contributed by atoms with Gasteiger partial charge in [-0.2, -0.15) is 5.10 Å². The molecule has 0 radical (unpaired) electrons. The fourth-order valence-corrected chi connectivity index (χ4v) is 3.85. The SMILES string of the molecule is CCCc1[nH]nc(C(=O)N2CC(C)CC2C)c1S(N)(=O)=O. The first-order chi connectivity index (χ1) is 9.75. The van der Waals surface area contributed by atoms with Crippen LogP contribution in [0.5, 0.6) is 0 Å². The van der Waals surface area contributed by atoms with Gasteiger partial charge in [-0.25, -0.2) is 13.6 Å². The molecule has 2 atom stereocenters. The first-order valence-electron chi connectivity index (χ1n) is 7.16. The lowest BCUT2D eigenvalue weighted by molar-refractivity contribution is 0.0734. The quantitative estimate of drug-likeness (QED) is 0.859. The summed E-state index contributed by atoms with van der Waals surface area (Å²) in [5, 5.41) is 11.9. The molecular formula is C13H22N4O3S. The van der Waals surface area contributed by atoms with Gasteiger partial charge in [-0.15, -0.1) is 0 Å². The maximum atomic E-state index is 12.6. The van der Waals surface area contributed by atoms with Crippen LogP contribution in [0.15, 0.2) is 4.90 Å². The van der Waals surface area contributed by atoms with Crippen molar-refractivity contribution in [3.05, 3.63) is 11.4 Å². The fraction of sp³-hybridized carbons (Fsp3) is 0.692. The Morgan fingerprint density at radius 3 is 2.62 bits per heavy atom. The Bertz CT molecular complexity index is 638. The summed E-state index contributed by atoms with van der Waals surface area (Å²) in [7, 11) is -3.99. The molecule has 8 heteroatoms. The molecule has 1 aromatic rings. The highest BCUT2D eigenvalue weighted by molar-refractivity contribution is 7.89. The summed E-state index contributed by atoms with van der Waals surface area (Å²) >= 11 is 0. The van der Waals surface area contributed by atoms with Gasteiger partial charge in [0.25, 0.3) is 5.91 Å². The van der Waals surface area contributed by atoms with Gasteiger partial charge in [0.1, 0.15) is 4.90 Å². The zero-order valence-electron chi connectivity index (χ0n) is 12.6. The number of carbonyl (C=O) groups is 1. The number of likely N-dealkylation sites (tertiary alicyclic amines) is 1. The minimum absolute atomic E-state index is 0.0761. The van der Waals surface area contributed by atoms with Crippen LogP contribution in [0.25, 0.3) is 0 Å². The highest BCUT2D eigenvalue weighted by Gasteiger charge is 2.35. The van der Waals surface area contributed by atoms with Crippen LogP contribution in [0, 0.1) is 5.92 Å². The van der Waals surface area contributed by atoms with E-state index < -0.39 is 10.0 Å². The van der Waals surface area contributed by atoms with Crippen molar-refractivity contribution in [3.8, 4) is 0 Å². The molecule has 1 aliphatic rings. The molecule has 21 heavy (non-hydrogen) atoms. The molecule has 0 aromatic carbocycles. The van der Waals surface area contributed by atoms with Crippen LogP contribution >= 0.6 is 0 Å². The van der Waals surface area contributed by atoms with Crippen LogP contribution in [-0.2, 0) is 16.4 Å². The smallest absolute Gasteiger partial charge is 0.276 e. The van der Waals surface area contributed by atoms with E-state index >= 15 is 0 Å². The van der Waals surface area contributed by atoms with Crippen LogP contribution < -0.4 is 5.14 Å². The molecule has 118 valence electrons. The first kappa shape index (κ1) is 16.0. The number of primary sulfonamides is 1. The molecule has 0 saturated carbocycles. The lowest BCUT2D eigenvalue weighted by Crippen LogP contribution is -2.35.